The van der Waals surface area contributed by atoms with Crippen LogP contribution in [0.3, 0.4) is 0 Å². The molecule has 3 rings (SSSR count). The van der Waals surface area contributed by atoms with Gasteiger partial charge in [0, 0.05) is 37.7 Å². The van der Waals surface area contributed by atoms with E-state index in [1.165, 1.54) is 6.33 Å². The molecule has 1 atom stereocenters. The highest BCUT2D eigenvalue weighted by atomic mass is 16.5. The molecule has 1 aliphatic rings. The fourth-order valence-corrected chi connectivity index (χ4v) is 3.56. The van der Waals surface area contributed by atoms with Crippen LogP contribution in [-0.4, -0.2) is 59.2 Å². The average molecular weight is 401 g/mol. The van der Waals surface area contributed by atoms with Crippen LogP contribution < -0.4 is 14.8 Å². The van der Waals surface area contributed by atoms with Crippen LogP contribution in [0.2, 0.25) is 0 Å². The molecule has 1 fully saturated rings. The Morgan fingerprint density at radius 1 is 1.31 bits per heavy atom. The number of nitrogens with zero attached hydrogens (tertiary/aromatic N) is 3. The molecule has 1 aliphatic heterocycles. The number of carbonyl (C=O) groups excluding carboxylic acids is 2. The summed E-state index contributed by atoms with van der Waals surface area (Å²) in [5.74, 6) is 1.80. The largest absolute Gasteiger partial charge is 0.497 e. The standard InChI is InChI=1S/C20H27N5O4/c1-28-16-7-6-15(17(10-16)29-2)11-21-18(26)8-5-14-4-3-9-25(12-14)20(27)19-22-13-23-24-19/h6-7,10,13-14H,3-5,8-9,11-12H2,1-2H3,(H,21,26)(H,22,23,24)/t14-/m0/s1. The van der Waals surface area contributed by atoms with E-state index in [2.05, 4.69) is 20.5 Å². The van der Waals surface area contributed by atoms with Crippen molar-refractivity contribution in [3.8, 4) is 11.5 Å². The molecule has 1 saturated heterocycles. The van der Waals surface area contributed by atoms with Crippen molar-refractivity contribution in [1.29, 1.82) is 0 Å². The molecule has 156 valence electrons. The van der Waals surface area contributed by atoms with Gasteiger partial charge in [0.05, 0.1) is 14.2 Å². The molecule has 1 aromatic carbocycles. The van der Waals surface area contributed by atoms with Crippen LogP contribution >= 0.6 is 0 Å². The van der Waals surface area contributed by atoms with Crippen molar-refractivity contribution in [3.05, 3.63) is 35.9 Å². The number of H-pyrrole nitrogens is 1. The minimum Gasteiger partial charge on any atom is -0.497 e. The summed E-state index contributed by atoms with van der Waals surface area (Å²) in [6.45, 7) is 1.74. The van der Waals surface area contributed by atoms with E-state index in [9.17, 15) is 9.59 Å². The third-order valence-corrected chi connectivity index (χ3v) is 5.17. The molecule has 2 N–H and O–H groups in total. The highest BCUT2D eigenvalue weighted by Crippen LogP contribution is 2.25. The first-order valence-corrected chi connectivity index (χ1v) is 9.73. The summed E-state index contributed by atoms with van der Waals surface area (Å²) in [6.07, 6.45) is 4.44. The van der Waals surface area contributed by atoms with E-state index in [-0.39, 0.29) is 17.6 Å². The Morgan fingerprint density at radius 3 is 2.90 bits per heavy atom. The van der Waals surface area contributed by atoms with E-state index < -0.39 is 0 Å². The van der Waals surface area contributed by atoms with Gasteiger partial charge in [-0.2, -0.15) is 5.10 Å². The number of likely N-dealkylation sites (tertiary alicyclic amines) is 1. The average Bonchev–Trinajstić information content (AvgIpc) is 3.30. The first-order valence-electron chi connectivity index (χ1n) is 9.73. The minimum atomic E-state index is -0.136. The first-order chi connectivity index (χ1) is 14.1. The van der Waals surface area contributed by atoms with Crippen LogP contribution in [0, 0.1) is 5.92 Å². The van der Waals surface area contributed by atoms with Gasteiger partial charge in [-0.15, -0.1) is 0 Å². The second-order valence-corrected chi connectivity index (χ2v) is 7.09. The molecule has 0 bridgehead atoms. The number of aromatic nitrogens is 3. The molecular formula is C20H27N5O4. The van der Waals surface area contributed by atoms with Crippen LogP contribution in [-0.2, 0) is 11.3 Å². The van der Waals surface area contributed by atoms with E-state index in [1.807, 2.05) is 12.1 Å². The number of amides is 2. The molecule has 0 saturated carbocycles. The first kappa shape index (κ1) is 20.6. The van der Waals surface area contributed by atoms with Gasteiger partial charge in [0.1, 0.15) is 17.8 Å². The van der Waals surface area contributed by atoms with Gasteiger partial charge in [-0.05, 0) is 37.3 Å². The van der Waals surface area contributed by atoms with Crippen LogP contribution in [0.4, 0.5) is 0 Å². The normalized spacial score (nSPS) is 16.3. The molecule has 1 aromatic heterocycles. The van der Waals surface area contributed by atoms with Gasteiger partial charge in [-0.25, -0.2) is 4.98 Å². The van der Waals surface area contributed by atoms with Gasteiger partial charge in [-0.3, -0.25) is 14.7 Å². The summed E-state index contributed by atoms with van der Waals surface area (Å²) < 4.78 is 10.5. The zero-order valence-electron chi connectivity index (χ0n) is 16.8. The van der Waals surface area contributed by atoms with Crippen molar-refractivity contribution in [2.45, 2.75) is 32.2 Å². The number of methoxy groups -OCH3 is 2. The van der Waals surface area contributed by atoms with Crippen LogP contribution in [0.1, 0.15) is 41.9 Å². The monoisotopic (exact) mass is 401 g/mol. The number of benzene rings is 1. The van der Waals surface area contributed by atoms with Gasteiger partial charge in [0.2, 0.25) is 11.7 Å². The van der Waals surface area contributed by atoms with Crippen molar-refractivity contribution in [2.24, 2.45) is 5.92 Å². The SMILES string of the molecule is COc1ccc(CNC(=O)CC[C@@H]2CCCN(C(=O)c3ncn[nH]3)C2)c(OC)c1. The van der Waals surface area contributed by atoms with Crippen molar-refractivity contribution < 1.29 is 19.1 Å². The van der Waals surface area contributed by atoms with Crippen molar-refractivity contribution in [3.63, 3.8) is 0 Å². The molecule has 0 radical (unpaired) electrons. The second-order valence-electron chi connectivity index (χ2n) is 7.09. The summed E-state index contributed by atoms with van der Waals surface area (Å²) in [4.78, 5) is 30.4. The zero-order valence-corrected chi connectivity index (χ0v) is 16.8. The number of hydrogen-bond donors (Lipinski definition) is 2. The predicted octanol–water partition coefficient (Wildman–Crippen LogP) is 1.77. The fraction of sp³-hybridized carbons (Fsp3) is 0.500. The molecule has 9 heteroatoms. The maximum atomic E-state index is 12.4. The van der Waals surface area contributed by atoms with Gasteiger partial charge in [0.25, 0.3) is 5.91 Å². The minimum absolute atomic E-state index is 0.0124. The molecule has 0 aliphatic carbocycles. The molecule has 29 heavy (non-hydrogen) atoms. The molecule has 2 aromatic rings. The zero-order chi connectivity index (χ0) is 20.6. The van der Waals surface area contributed by atoms with Crippen LogP contribution in [0.25, 0.3) is 0 Å². The number of rotatable bonds is 8. The lowest BCUT2D eigenvalue weighted by atomic mass is 9.93. The van der Waals surface area contributed by atoms with Gasteiger partial charge >= 0.3 is 0 Å². The summed E-state index contributed by atoms with van der Waals surface area (Å²) >= 11 is 0. The highest BCUT2D eigenvalue weighted by molar-refractivity contribution is 5.90. The molecule has 0 spiro atoms. The predicted molar refractivity (Wildman–Crippen MR) is 106 cm³/mol. The van der Waals surface area contributed by atoms with E-state index in [4.69, 9.17) is 9.47 Å². The summed E-state index contributed by atoms with van der Waals surface area (Å²) in [5, 5.41) is 9.29. The quantitative estimate of drug-likeness (QED) is 0.698. The van der Waals surface area contributed by atoms with Gasteiger partial charge in [-0.1, -0.05) is 0 Å². The van der Waals surface area contributed by atoms with Gasteiger partial charge < -0.3 is 19.7 Å². The number of hydrogen-bond acceptors (Lipinski definition) is 6. The number of carbonyl (C=O) groups is 2. The highest BCUT2D eigenvalue weighted by Gasteiger charge is 2.26. The number of aromatic amines is 1. The van der Waals surface area contributed by atoms with Gasteiger partial charge in [0.15, 0.2) is 0 Å². The molecule has 0 unspecified atom stereocenters. The van der Waals surface area contributed by atoms with E-state index in [0.717, 1.165) is 24.8 Å². The Kier molecular flexibility index (Phi) is 7.04. The Morgan fingerprint density at radius 2 is 2.17 bits per heavy atom. The van der Waals surface area contributed by atoms with Crippen molar-refractivity contribution >= 4 is 11.8 Å². The van der Waals surface area contributed by atoms with Crippen molar-refractivity contribution in [1.82, 2.24) is 25.4 Å². The van der Waals surface area contributed by atoms with E-state index in [1.54, 1.807) is 25.2 Å². The maximum Gasteiger partial charge on any atom is 0.291 e. The van der Waals surface area contributed by atoms with E-state index in [0.29, 0.717) is 43.5 Å². The van der Waals surface area contributed by atoms with Crippen LogP contribution in [0.15, 0.2) is 24.5 Å². The maximum absolute atomic E-state index is 12.4. The lowest BCUT2D eigenvalue weighted by molar-refractivity contribution is -0.121. The Balaban J connectivity index is 1.45. The molecule has 2 heterocycles. The third kappa shape index (κ3) is 5.46. The van der Waals surface area contributed by atoms with Crippen molar-refractivity contribution in [2.75, 3.05) is 27.3 Å². The van der Waals surface area contributed by atoms with E-state index >= 15 is 0 Å². The Hall–Kier alpha value is -3.10. The number of nitrogens with one attached hydrogen (secondary N) is 2. The summed E-state index contributed by atoms with van der Waals surface area (Å²) in [6, 6.07) is 5.52. The molecular weight excluding hydrogens is 374 g/mol. The number of piperidine rings is 1. The smallest absolute Gasteiger partial charge is 0.291 e. The third-order valence-electron chi connectivity index (χ3n) is 5.17. The summed E-state index contributed by atoms with van der Waals surface area (Å²) in [7, 11) is 3.19. The number of ether oxygens (including phenoxy) is 2. The fourth-order valence-electron chi connectivity index (χ4n) is 3.56. The lowest BCUT2D eigenvalue weighted by Crippen LogP contribution is -2.40. The molecule has 2 amide bonds. The molecule has 9 nitrogen and oxygen atoms in total. The second kappa shape index (κ2) is 9.90. The Bertz CT molecular complexity index is 824. The van der Waals surface area contributed by atoms with Crippen LogP contribution in [0.5, 0.6) is 11.5 Å². The Labute approximate surface area is 169 Å². The lowest BCUT2D eigenvalue weighted by Gasteiger charge is -2.32. The topological polar surface area (TPSA) is 109 Å². The summed E-state index contributed by atoms with van der Waals surface area (Å²) in [5.41, 5.74) is 0.892.